The third-order valence-corrected chi connectivity index (χ3v) is 5.09. The number of hydrogen-bond donors (Lipinski definition) is 1. The molecule has 118 valence electrons. The van der Waals surface area contributed by atoms with E-state index >= 15 is 0 Å². The average molecular weight is 356 g/mol. The summed E-state index contributed by atoms with van der Waals surface area (Å²) in [5.74, 6) is 1.90. The molecule has 1 fully saturated rings. The van der Waals surface area contributed by atoms with E-state index in [1.807, 2.05) is 0 Å². The molecule has 0 heterocycles. The van der Waals surface area contributed by atoms with Crippen molar-refractivity contribution in [1.29, 1.82) is 0 Å². The zero-order valence-electron chi connectivity index (χ0n) is 13.5. The van der Waals surface area contributed by atoms with Gasteiger partial charge in [-0.25, -0.2) is 0 Å². The van der Waals surface area contributed by atoms with Gasteiger partial charge in [-0.1, -0.05) is 33.1 Å². The summed E-state index contributed by atoms with van der Waals surface area (Å²) < 4.78 is 12.1. The third kappa shape index (κ3) is 3.07. The predicted octanol–water partition coefficient (Wildman–Crippen LogP) is 4.71. The Morgan fingerprint density at radius 2 is 1.67 bits per heavy atom. The highest BCUT2D eigenvalue weighted by molar-refractivity contribution is 9.10. The van der Waals surface area contributed by atoms with Gasteiger partial charge in [0.05, 0.1) is 18.7 Å². The van der Waals surface area contributed by atoms with Crippen molar-refractivity contribution in [3.8, 4) is 11.5 Å². The second-order valence-electron chi connectivity index (χ2n) is 6.26. The van der Waals surface area contributed by atoms with E-state index in [0.29, 0.717) is 5.92 Å². The van der Waals surface area contributed by atoms with Crippen LogP contribution < -0.4 is 15.2 Å². The lowest BCUT2D eigenvalue weighted by atomic mass is 9.74. The molecular weight excluding hydrogens is 330 g/mol. The lowest BCUT2D eigenvalue weighted by Crippen LogP contribution is -2.39. The molecule has 21 heavy (non-hydrogen) atoms. The van der Waals surface area contributed by atoms with Gasteiger partial charge in [-0.3, -0.25) is 0 Å². The molecule has 4 heteroatoms. The Morgan fingerprint density at radius 3 is 2.14 bits per heavy atom. The molecule has 1 aromatic carbocycles. The fourth-order valence-corrected chi connectivity index (χ4v) is 4.02. The van der Waals surface area contributed by atoms with E-state index < -0.39 is 0 Å². The first kappa shape index (κ1) is 16.6. The third-order valence-electron chi connectivity index (χ3n) is 4.50. The number of nitrogens with two attached hydrogens (primary N) is 1. The fraction of sp³-hybridized carbons (Fsp3) is 0.647. The Morgan fingerprint density at radius 1 is 1.10 bits per heavy atom. The van der Waals surface area contributed by atoms with Gasteiger partial charge in [0.25, 0.3) is 0 Å². The SMILES string of the molecule is COc1c(Br)cc(C2(N)CCCCC2)c(C(C)C)c1OC. The minimum atomic E-state index is -0.250. The smallest absolute Gasteiger partial charge is 0.175 e. The first-order valence-corrected chi connectivity index (χ1v) is 8.47. The lowest BCUT2D eigenvalue weighted by Gasteiger charge is -2.37. The highest BCUT2D eigenvalue weighted by atomic mass is 79.9. The van der Waals surface area contributed by atoms with Gasteiger partial charge < -0.3 is 15.2 Å². The van der Waals surface area contributed by atoms with E-state index in [1.165, 1.54) is 30.4 Å². The summed E-state index contributed by atoms with van der Waals surface area (Å²) in [6.45, 7) is 4.36. The van der Waals surface area contributed by atoms with E-state index in [-0.39, 0.29) is 5.54 Å². The summed E-state index contributed by atoms with van der Waals surface area (Å²) in [5, 5.41) is 0. The molecule has 1 aromatic rings. The number of methoxy groups -OCH3 is 2. The number of benzene rings is 1. The summed E-state index contributed by atoms with van der Waals surface area (Å²) in [4.78, 5) is 0. The zero-order valence-corrected chi connectivity index (χ0v) is 15.0. The summed E-state index contributed by atoms with van der Waals surface area (Å²) in [5.41, 5.74) is 8.93. The predicted molar refractivity (Wildman–Crippen MR) is 90.3 cm³/mol. The largest absolute Gasteiger partial charge is 0.493 e. The van der Waals surface area contributed by atoms with Crippen molar-refractivity contribution in [1.82, 2.24) is 0 Å². The van der Waals surface area contributed by atoms with Gasteiger partial charge in [0, 0.05) is 11.1 Å². The number of hydrogen-bond acceptors (Lipinski definition) is 3. The topological polar surface area (TPSA) is 44.5 Å². The lowest BCUT2D eigenvalue weighted by molar-refractivity contribution is 0.294. The van der Waals surface area contributed by atoms with Crippen LogP contribution in [-0.4, -0.2) is 14.2 Å². The highest BCUT2D eigenvalue weighted by Crippen LogP contribution is 2.48. The summed E-state index contributed by atoms with van der Waals surface area (Å²) in [6, 6.07) is 2.14. The molecule has 1 aliphatic rings. The van der Waals surface area contributed by atoms with Crippen LogP contribution in [0, 0.1) is 0 Å². The second kappa shape index (κ2) is 6.57. The van der Waals surface area contributed by atoms with E-state index in [9.17, 15) is 0 Å². The van der Waals surface area contributed by atoms with Crippen LogP contribution in [-0.2, 0) is 5.54 Å². The number of halogens is 1. The minimum absolute atomic E-state index is 0.250. The molecule has 0 aliphatic heterocycles. The number of rotatable bonds is 4. The van der Waals surface area contributed by atoms with Crippen molar-refractivity contribution in [2.45, 2.75) is 57.4 Å². The highest BCUT2D eigenvalue weighted by Gasteiger charge is 2.35. The van der Waals surface area contributed by atoms with Gasteiger partial charge in [-0.15, -0.1) is 0 Å². The number of ether oxygens (including phenoxy) is 2. The maximum atomic E-state index is 6.79. The van der Waals surface area contributed by atoms with Crippen LogP contribution in [0.1, 0.15) is 63.0 Å². The Balaban J connectivity index is 2.67. The summed E-state index contributed by atoms with van der Waals surface area (Å²) in [7, 11) is 3.37. The van der Waals surface area contributed by atoms with Crippen LogP contribution >= 0.6 is 15.9 Å². The molecule has 1 saturated carbocycles. The van der Waals surface area contributed by atoms with Crippen molar-refractivity contribution in [3.63, 3.8) is 0 Å². The van der Waals surface area contributed by atoms with Crippen LogP contribution in [0.5, 0.6) is 11.5 Å². The van der Waals surface area contributed by atoms with Crippen LogP contribution in [0.15, 0.2) is 10.5 Å². The molecule has 1 aliphatic carbocycles. The molecule has 0 atom stereocenters. The van der Waals surface area contributed by atoms with Crippen molar-refractivity contribution < 1.29 is 9.47 Å². The van der Waals surface area contributed by atoms with Crippen LogP contribution in [0.2, 0.25) is 0 Å². The average Bonchev–Trinajstić information content (AvgIpc) is 2.46. The van der Waals surface area contributed by atoms with Crippen molar-refractivity contribution in [2.24, 2.45) is 5.73 Å². The quantitative estimate of drug-likeness (QED) is 0.850. The molecule has 0 unspecified atom stereocenters. The Kier molecular flexibility index (Phi) is 5.20. The van der Waals surface area contributed by atoms with Gasteiger partial charge >= 0.3 is 0 Å². The van der Waals surface area contributed by atoms with E-state index in [0.717, 1.165) is 28.8 Å². The molecule has 0 bridgehead atoms. The maximum absolute atomic E-state index is 6.79. The Bertz CT molecular complexity index is 508. The van der Waals surface area contributed by atoms with E-state index in [4.69, 9.17) is 15.2 Å². The molecular formula is C17H26BrNO2. The molecule has 0 radical (unpaired) electrons. The van der Waals surface area contributed by atoms with Crippen LogP contribution in [0.3, 0.4) is 0 Å². The van der Waals surface area contributed by atoms with Gasteiger partial charge in [-0.2, -0.15) is 0 Å². The van der Waals surface area contributed by atoms with Crippen LogP contribution in [0.25, 0.3) is 0 Å². The monoisotopic (exact) mass is 355 g/mol. The minimum Gasteiger partial charge on any atom is -0.493 e. The molecule has 0 saturated heterocycles. The second-order valence-corrected chi connectivity index (χ2v) is 7.11. The van der Waals surface area contributed by atoms with Gasteiger partial charge in [0.1, 0.15) is 0 Å². The fourth-order valence-electron chi connectivity index (χ4n) is 3.45. The van der Waals surface area contributed by atoms with Gasteiger partial charge in [-0.05, 0) is 46.3 Å². The summed E-state index contributed by atoms with van der Waals surface area (Å²) >= 11 is 3.61. The molecule has 2 N–H and O–H groups in total. The van der Waals surface area contributed by atoms with Crippen molar-refractivity contribution in [2.75, 3.05) is 14.2 Å². The molecule has 2 rings (SSSR count). The molecule has 3 nitrogen and oxygen atoms in total. The Labute approximate surface area is 136 Å². The first-order chi connectivity index (χ1) is 9.94. The van der Waals surface area contributed by atoms with Crippen molar-refractivity contribution >= 4 is 15.9 Å². The molecule has 0 aromatic heterocycles. The normalized spacial score (nSPS) is 17.9. The first-order valence-electron chi connectivity index (χ1n) is 7.68. The molecule has 0 amide bonds. The standard InChI is InChI=1S/C17H26BrNO2/c1-11(2)14-12(17(19)8-6-5-7-9-17)10-13(18)15(20-3)16(14)21-4/h10-11H,5-9,19H2,1-4H3. The summed E-state index contributed by atoms with van der Waals surface area (Å²) in [6.07, 6.45) is 5.74. The molecule has 0 spiro atoms. The van der Waals surface area contributed by atoms with Gasteiger partial charge in [0.15, 0.2) is 11.5 Å². The Hall–Kier alpha value is -0.740. The van der Waals surface area contributed by atoms with E-state index in [2.05, 4.69) is 35.8 Å². The zero-order chi connectivity index (χ0) is 15.6. The maximum Gasteiger partial charge on any atom is 0.175 e. The van der Waals surface area contributed by atoms with Gasteiger partial charge in [0.2, 0.25) is 0 Å². The van der Waals surface area contributed by atoms with E-state index in [1.54, 1.807) is 14.2 Å². The van der Waals surface area contributed by atoms with Crippen LogP contribution in [0.4, 0.5) is 0 Å². The van der Waals surface area contributed by atoms with Crippen molar-refractivity contribution in [3.05, 3.63) is 21.7 Å².